The lowest BCUT2D eigenvalue weighted by Gasteiger charge is -2.19. The molecule has 0 saturated carbocycles. The molecule has 0 spiro atoms. The van der Waals surface area contributed by atoms with Crippen molar-refractivity contribution in [1.82, 2.24) is 10.3 Å². The zero-order valence-corrected chi connectivity index (χ0v) is 11.8. The molecule has 0 aliphatic rings. The van der Waals surface area contributed by atoms with Gasteiger partial charge in [0.2, 0.25) is 0 Å². The summed E-state index contributed by atoms with van der Waals surface area (Å²) in [7, 11) is 0. The molecule has 2 nitrogen and oxygen atoms in total. The molecule has 1 N–H and O–H groups in total. The second kappa shape index (κ2) is 7.75. The number of nitrogens with one attached hydrogen (secondary N) is 1. The molecule has 0 saturated heterocycles. The quantitative estimate of drug-likeness (QED) is 0.827. The number of aromatic nitrogens is 1. The highest BCUT2D eigenvalue weighted by Gasteiger charge is 2.11. The molecule has 1 atom stereocenters. The molecule has 1 unspecified atom stereocenters. The van der Waals surface area contributed by atoms with Crippen LogP contribution in [0.2, 0.25) is 0 Å². The first-order valence-corrected chi connectivity index (χ1v) is 7.18. The van der Waals surface area contributed by atoms with Crippen LogP contribution in [0.4, 0.5) is 4.39 Å². The summed E-state index contributed by atoms with van der Waals surface area (Å²) in [5.41, 5.74) is 2.23. The third kappa shape index (κ3) is 4.42. The summed E-state index contributed by atoms with van der Waals surface area (Å²) in [4.78, 5) is 4.35. The fourth-order valence-electron chi connectivity index (χ4n) is 2.24. The van der Waals surface area contributed by atoms with Crippen LogP contribution >= 0.6 is 0 Å². The number of nitrogens with zero attached hydrogens (tertiary/aromatic N) is 1. The molecule has 0 fully saturated rings. The topological polar surface area (TPSA) is 24.9 Å². The van der Waals surface area contributed by atoms with E-state index in [-0.39, 0.29) is 11.9 Å². The van der Waals surface area contributed by atoms with E-state index in [0.717, 1.165) is 37.1 Å². The Morgan fingerprint density at radius 1 is 1.15 bits per heavy atom. The van der Waals surface area contributed by atoms with E-state index in [9.17, 15) is 4.39 Å². The van der Waals surface area contributed by atoms with Gasteiger partial charge in [0.05, 0.1) is 0 Å². The molecule has 1 aromatic heterocycles. The Morgan fingerprint density at radius 2 is 1.95 bits per heavy atom. The molecular formula is C17H21FN2. The monoisotopic (exact) mass is 272 g/mol. The lowest BCUT2D eigenvalue weighted by Crippen LogP contribution is -2.22. The van der Waals surface area contributed by atoms with E-state index >= 15 is 0 Å². The first-order chi connectivity index (χ1) is 9.79. The van der Waals surface area contributed by atoms with Gasteiger partial charge in [-0.05, 0) is 55.6 Å². The minimum Gasteiger partial charge on any atom is -0.310 e. The maximum Gasteiger partial charge on any atom is 0.123 e. The number of hydrogen-bond acceptors (Lipinski definition) is 2. The Labute approximate surface area is 120 Å². The Kier molecular flexibility index (Phi) is 5.69. The van der Waals surface area contributed by atoms with Gasteiger partial charge in [0.1, 0.15) is 5.82 Å². The van der Waals surface area contributed by atoms with Gasteiger partial charge < -0.3 is 5.32 Å². The molecule has 0 radical (unpaired) electrons. The molecule has 1 heterocycles. The Bertz CT molecular complexity index is 496. The molecule has 3 heteroatoms. The summed E-state index contributed by atoms with van der Waals surface area (Å²) >= 11 is 0. The second-order valence-electron chi connectivity index (χ2n) is 4.92. The van der Waals surface area contributed by atoms with Crippen molar-refractivity contribution >= 4 is 0 Å². The first-order valence-electron chi connectivity index (χ1n) is 7.18. The van der Waals surface area contributed by atoms with Gasteiger partial charge in [-0.25, -0.2) is 4.39 Å². The van der Waals surface area contributed by atoms with Gasteiger partial charge in [-0.15, -0.1) is 0 Å². The summed E-state index contributed by atoms with van der Waals surface area (Å²) in [6, 6.07) is 13.0. The average molecular weight is 272 g/mol. The van der Waals surface area contributed by atoms with Crippen LogP contribution in [-0.4, -0.2) is 11.5 Å². The number of rotatable bonds is 7. The predicted octanol–water partition coefficient (Wildman–Crippen LogP) is 3.89. The third-order valence-electron chi connectivity index (χ3n) is 3.33. The van der Waals surface area contributed by atoms with Crippen molar-refractivity contribution in [1.29, 1.82) is 0 Å². The Balaban J connectivity index is 2.01. The molecule has 20 heavy (non-hydrogen) atoms. The maximum absolute atomic E-state index is 13.0. The van der Waals surface area contributed by atoms with Crippen molar-refractivity contribution in [2.75, 3.05) is 6.54 Å². The summed E-state index contributed by atoms with van der Waals surface area (Å²) in [5, 5.41) is 3.53. The lowest BCUT2D eigenvalue weighted by molar-refractivity contribution is 0.496. The van der Waals surface area contributed by atoms with E-state index in [1.165, 1.54) is 12.1 Å². The fraction of sp³-hybridized carbons (Fsp3) is 0.353. The number of aryl methyl sites for hydroxylation is 1. The highest BCUT2D eigenvalue weighted by atomic mass is 19.1. The molecule has 2 aromatic rings. The zero-order chi connectivity index (χ0) is 14.2. The van der Waals surface area contributed by atoms with E-state index in [1.54, 1.807) is 0 Å². The summed E-state index contributed by atoms with van der Waals surface area (Å²) in [6.07, 6.45) is 4.78. The van der Waals surface area contributed by atoms with Crippen molar-refractivity contribution in [3.05, 3.63) is 65.7 Å². The molecule has 0 bridgehead atoms. The average Bonchev–Trinajstić information content (AvgIpc) is 2.50. The molecule has 0 amide bonds. The lowest BCUT2D eigenvalue weighted by atomic mass is 10.0. The standard InChI is InChI=1S/C17H21FN2/c1-2-12-20-17(14-6-8-15(18)9-7-14)11-10-16-5-3-4-13-19-16/h3-9,13,17,20H,2,10-12H2,1H3. The van der Waals surface area contributed by atoms with E-state index < -0.39 is 0 Å². The van der Waals surface area contributed by atoms with Crippen molar-refractivity contribution in [2.24, 2.45) is 0 Å². The van der Waals surface area contributed by atoms with Crippen molar-refractivity contribution in [3.8, 4) is 0 Å². The normalized spacial score (nSPS) is 12.3. The summed E-state index contributed by atoms with van der Waals surface area (Å²) in [5.74, 6) is -0.187. The second-order valence-corrected chi connectivity index (χ2v) is 4.92. The number of hydrogen-bond donors (Lipinski definition) is 1. The Hall–Kier alpha value is -1.74. The van der Waals surface area contributed by atoms with Crippen molar-refractivity contribution in [2.45, 2.75) is 32.2 Å². The zero-order valence-electron chi connectivity index (χ0n) is 11.8. The summed E-state index contributed by atoms with van der Waals surface area (Å²) < 4.78 is 13.0. The van der Waals surface area contributed by atoms with E-state index in [4.69, 9.17) is 0 Å². The molecule has 106 valence electrons. The maximum atomic E-state index is 13.0. The van der Waals surface area contributed by atoms with Crippen molar-refractivity contribution < 1.29 is 4.39 Å². The van der Waals surface area contributed by atoms with Gasteiger partial charge in [0.15, 0.2) is 0 Å². The SMILES string of the molecule is CCCNC(CCc1ccccn1)c1ccc(F)cc1. The highest BCUT2D eigenvalue weighted by Crippen LogP contribution is 2.19. The van der Waals surface area contributed by atoms with Gasteiger partial charge in [-0.1, -0.05) is 25.1 Å². The van der Waals surface area contributed by atoms with Gasteiger partial charge in [-0.3, -0.25) is 4.98 Å². The highest BCUT2D eigenvalue weighted by molar-refractivity contribution is 5.20. The van der Waals surface area contributed by atoms with Crippen LogP contribution in [0.5, 0.6) is 0 Å². The minimum atomic E-state index is -0.187. The third-order valence-corrected chi connectivity index (χ3v) is 3.33. The van der Waals surface area contributed by atoms with Crippen LogP contribution in [0.15, 0.2) is 48.7 Å². The number of pyridine rings is 1. The Morgan fingerprint density at radius 3 is 2.60 bits per heavy atom. The predicted molar refractivity (Wildman–Crippen MR) is 80.0 cm³/mol. The smallest absolute Gasteiger partial charge is 0.123 e. The van der Waals surface area contributed by atoms with Crippen LogP contribution in [0.25, 0.3) is 0 Å². The van der Waals surface area contributed by atoms with E-state index in [0.29, 0.717) is 0 Å². The van der Waals surface area contributed by atoms with Crippen LogP contribution in [0.1, 0.15) is 37.1 Å². The van der Waals surface area contributed by atoms with Gasteiger partial charge in [-0.2, -0.15) is 0 Å². The van der Waals surface area contributed by atoms with Crippen LogP contribution in [-0.2, 0) is 6.42 Å². The fourth-order valence-corrected chi connectivity index (χ4v) is 2.24. The molecule has 0 aliphatic carbocycles. The van der Waals surface area contributed by atoms with Crippen molar-refractivity contribution in [3.63, 3.8) is 0 Å². The summed E-state index contributed by atoms with van der Waals surface area (Å²) in [6.45, 7) is 3.11. The largest absolute Gasteiger partial charge is 0.310 e. The van der Waals surface area contributed by atoms with Crippen LogP contribution < -0.4 is 5.32 Å². The van der Waals surface area contributed by atoms with Crippen LogP contribution in [0, 0.1) is 5.82 Å². The van der Waals surface area contributed by atoms with Gasteiger partial charge in [0, 0.05) is 17.9 Å². The minimum absolute atomic E-state index is 0.187. The van der Waals surface area contributed by atoms with Gasteiger partial charge in [0.25, 0.3) is 0 Å². The first kappa shape index (κ1) is 14.7. The number of benzene rings is 1. The van der Waals surface area contributed by atoms with E-state index in [1.807, 2.05) is 36.5 Å². The molecule has 1 aromatic carbocycles. The molecular weight excluding hydrogens is 251 g/mol. The van der Waals surface area contributed by atoms with Gasteiger partial charge >= 0.3 is 0 Å². The molecule has 2 rings (SSSR count). The van der Waals surface area contributed by atoms with Crippen LogP contribution in [0.3, 0.4) is 0 Å². The number of halogens is 1. The molecule has 0 aliphatic heterocycles. The van der Waals surface area contributed by atoms with E-state index in [2.05, 4.69) is 17.2 Å².